The molecule has 0 aromatic heterocycles. The molecule has 3 heteroatoms. The van der Waals surface area contributed by atoms with Crippen molar-refractivity contribution in [2.24, 2.45) is 0 Å². The van der Waals surface area contributed by atoms with E-state index in [1.54, 1.807) is 6.07 Å². The van der Waals surface area contributed by atoms with Crippen LogP contribution < -0.4 is 5.32 Å². The fourth-order valence-corrected chi connectivity index (χ4v) is 2.87. The third-order valence-electron chi connectivity index (χ3n) is 3.94. The molecule has 0 fully saturated rings. The SMILES string of the molecule is CC(Nc1ccc2c(c1)CCC2)c1ccc(F)cc1O. The first-order valence-electron chi connectivity index (χ1n) is 7.00. The summed E-state index contributed by atoms with van der Waals surface area (Å²) in [6.07, 6.45) is 3.54. The second kappa shape index (κ2) is 5.16. The molecule has 0 saturated heterocycles. The van der Waals surface area contributed by atoms with E-state index < -0.39 is 5.82 Å². The molecule has 0 amide bonds. The van der Waals surface area contributed by atoms with Crippen LogP contribution in [0.1, 0.15) is 36.1 Å². The first-order chi connectivity index (χ1) is 9.63. The van der Waals surface area contributed by atoms with E-state index in [1.165, 1.54) is 30.0 Å². The Morgan fingerprint density at radius 3 is 2.70 bits per heavy atom. The minimum absolute atomic E-state index is 0.00819. The second-order valence-corrected chi connectivity index (χ2v) is 5.41. The Morgan fingerprint density at radius 1 is 1.10 bits per heavy atom. The highest BCUT2D eigenvalue weighted by atomic mass is 19.1. The first-order valence-corrected chi connectivity index (χ1v) is 7.00. The van der Waals surface area contributed by atoms with Crippen LogP contribution in [-0.2, 0) is 12.8 Å². The lowest BCUT2D eigenvalue weighted by Crippen LogP contribution is -2.07. The normalized spacial score (nSPS) is 14.9. The molecule has 1 aliphatic carbocycles. The van der Waals surface area contributed by atoms with E-state index in [-0.39, 0.29) is 11.8 Å². The number of benzene rings is 2. The lowest BCUT2D eigenvalue weighted by molar-refractivity contribution is 0.459. The third kappa shape index (κ3) is 2.48. The van der Waals surface area contributed by atoms with Gasteiger partial charge in [0.1, 0.15) is 11.6 Å². The molecule has 0 heterocycles. The van der Waals surface area contributed by atoms with Gasteiger partial charge in [0, 0.05) is 17.3 Å². The maximum absolute atomic E-state index is 13.0. The van der Waals surface area contributed by atoms with Crippen LogP contribution in [0.2, 0.25) is 0 Å². The van der Waals surface area contributed by atoms with Crippen molar-refractivity contribution in [3.05, 3.63) is 58.9 Å². The Hall–Kier alpha value is -2.03. The summed E-state index contributed by atoms with van der Waals surface area (Å²) in [6.45, 7) is 1.96. The maximum Gasteiger partial charge on any atom is 0.126 e. The minimum atomic E-state index is -0.420. The molecule has 1 aliphatic rings. The molecule has 0 bridgehead atoms. The smallest absolute Gasteiger partial charge is 0.126 e. The Bertz CT molecular complexity index is 639. The predicted molar refractivity (Wildman–Crippen MR) is 78.6 cm³/mol. The Labute approximate surface area is 118 Å². The summed E-state index contributed by atoms with van der Waals surface area (Å²) in [5.74, 6) is -0.429. The molecule has 2 aromatic carbocycles. The average molecular weight is 271 g/mol. The quantitative estimate of drug-likeness (QED) is 0.877. The van der Waals surface area contributed by atoms with Gasteiger partial charge in [-0.25, -0.2) is 4.39 Å². The van der Waals surface area contributed by atoms with Gasteiger partial charge in [-0.15, -0.1) is 0 Å². The molecule has 1 atom stereocenters. The lowest BCUT2D eigenvalue weighted by Gasteiger charge is -2.17. The van der Waals surface area contributed by atoms with E-state index in [4.69, 9.17) is 0 Å². The van der Waals surface area contributed by atoms with Crippen molar-refractivity contribution >= 4 is 5.69 Å². The van der Waals surface area contributed by atoms with Gasteiger partial charge in [-0.1, -0.05) is 12.1 Å². The standard InChI is InChI=1S/C17H18FNO/c1-11(16-8-6-14(18)10-17(16)20)19-15-7-5-12-3-2-4-13(12)9-15/h5-11,19-20H,2-4H2,1H3. The molecule has 2 aromatic rings. The number of phenols is 1. The van der Waals surface area contributed by atoms with Crippen LogP contribution in [0.3, 0.4) is 0 Å². The number of hydrogen-bond acceptors (Lipinski definition) is 2. The van der Waals surface area contributed by atoms with Gasteiger partial charge in [-0.3, -0.25) is 0 Å². The van der Waals surface area contributed by atoms with E-state index in [0.29, 0.717) is 5.56 Å². The highest BCUT2D eigenvalue weighted by Gasteiger charge is 2.14. The number of anilines is 1. The van der Waals surface area contributed by atoms with Crippen LogP contribution in [0.5, 0.6) is 5.75 Å². The van der Waals surface area contributed by atoms with Gasteiger partial charge < -0.3 is 10.4 Å². The van der Waals surface area contributed by atoms with Crippen molar-refractivity contribution in [3.8, 4) is 5.75 Å². The van der Waals surface area contributed by atoms with Crippen LogP contribution in [0.15, 0.2) is 36.4 Å². The van der Waals surface area contributed by atoms with Crippen LogP contribution in [0.25, 0.3) is 0 Å². The zero-order valence-electron chi connectivity index (χ0n) is 11.5. The van der Waals surface area contributed by atoms with E-state index in [1.807, 2.05) is 6.92 Å². The predicted octanol–water partition coefficient (Wildman–Crippen LogP) is 4.19. The number of hydrogen-bond donors (Lipinski definition) is 2. The molecule has 0 spiro atoms. The van der Waals surface area contributed by atoms with E-state index in [9.17, 15) is 9.50 Å². The van der Waals surface area contributed by atoms with Gasteiger partial charge in [0.05, 0.1) is 6.04 Å². The lowest BCUT2D eigenvalue weighted by atomic mass is 10.1. The van der Waals surface area contributed by atoms with Crippen molar-refractivity contribution in [1.29, 1.82) is 0 Å². The molecule has 2 nitrogen and oxygen atoms in total. The largest absolute Gasteiger partial charge is 0.507 e. The molecule has 0 radical (unpaired) electrons. The van der Waals surface area contributed by atoms with Gasteiger partial charge in [-0.2, -0.15) is 0 Å². The summed E-state index contributed by atoms with van der Waals surface area (Å²) in [5, 5.41) is 13.2. The topological polar surface area (TPSA) is 32.3 Å². The molecule has 20 heavy (non-hydrogen) atoms. The third-order valence-corrected chi connectivity index (χ3v) is 3.94. The fourth-order valence-electron chi connectivity index (χ4n) is 2.87. The summed E-state index contributed by atoms with van der Waals surface area (Å²) >= 11 is 0. The Balaban J connectivity index is 1.80. The first kappa shape index (κ1) is 13.0. The van der Waals surface area contributed by atoms with Gasteiger partial charge >= 0.3 is 0 Å². The highest BCUT2D eigenvalue weighted by Crippen LogP contribution is 2.30. The molecule has 3 rings (SSSR count). The molecule has 1 unspecified atom stereocenters. The summed E-state index contributed by atoms with van der Waals surface area (Å²) < 4.78 is 13.0. The monoisotopic (exact) mass is 271 g/mol. The summed E-state index contributed by atoms with van der Waals surface area (Å²) in [4.78, 5) is 0. The summed E-state index contributed by atoms with van der Waals surface area (Å²) in [5.41, 5.74) is 4.59. The molecule has 0 aliphatic heterocycles. The number of aromatic hydroxyl groups is 1. The number of aryl methyl sites for hydroxylation is 2. The van der Waals surface area contributed by atoms with Crippen molar-refractivity contribution in [3.63, 3.8) is 0 Å². The van der Waals surface area contributed by atoms with Gasteiger partial charge in [0.2, 0.25) is 0 Å². The molecule has 2 N–H and O–H groups in total. The van der Waals surface area contributed by atoms with Crippen LogP contribution >= 0.6 is 0 Å². The van der Waals surface area contributed by atoms with E-state index in [0.717, 1.165) is 18.2 Å². The second-order valence-electron chi connectivity index (χ2n) is 5.41. The Kier molecular flexibility index (Phi) is 3.35. The fraction of sp³-hybridized carbons (Fsp3) is 0.294. The maximum atomic E-state index is 13.0. The average Bonchev–Trinajstić information content (AvgIpc) is 2.85. The number of nitrogens with one attached hydrogen (secondary N) is 1. The zero-order valence-corrected chi connectivity index (χ0v) is 11.5. The van der Waals surface area contributed by atoms with Crippen LogP contribution in [0.4, 0.5) is 10.1 Å². The summed E-state index contributed by atoms with van der Waals surface area (Å²) in [7, 11) is 0. The van der Waals surface area contributed by atoms with Gasteiger partial charge in [0.25, 0.3) is 0 Å². The molecule has 104 valence electrons. The van der Waals surface area contributed by atoms with Crippen molar-refractivity contribution in [2.45, 2.75) is 32.2 Å². The van der Waals surface area contributed by atoms with Crippen LogP contribution in [-0.4, -0.2) is 5.11 Å². The number of rotatable bonds is 3. The minimum Gasteiger partial charge on any atom is -0.507 e. The van der Waals surface area contributed by atoms with E-state index >= 15 is 0 Å². The number of phenolic OH excluding ortho intramolecular Hbond substituents is 1. The van der Waals surface area contributed by atoms with Crippen molar-refractivity contribution in [1.82, 2.24) is 0 Å². The number of fused-ring (bicyclic) bond motifs is 1. The van der Waals surface area contributed by atoms with E-state index in [2.05, 4.69) is 23.5 Å². The van der Waals surface area contributed by atoms with Crippen LogP contribution in [0, 0.1) is 5.82 Å². The van der Waals surface area contributed by atoms with Crippen molar-refractivity contribution < 1.29 is 9.50 Å². The van der Waals surface area contributed by atoms with Gasteiger partial charge in [0.15, 0.2) is 0 Å². The Morgan fingerprint density at radius 2 is 1.90 bits per heavy atom. The molecular formula is C17H18FNO. The summed E-state index contributed by atoms with van der Waals surface area (Å²) in [6, 6.07) is 10.5. The molecule has 0 saturated carbocycles. The molecular weight excluding hydrogens is 253 g/mol. The number of halogens is 1. The highest BCUT2D eigenvalue weighted by molar-refractivity contribution is 5.52. The van der Waals surface area contributed by atoms with Gasteiger partial charge in [-0.05, 0) is 55.5 Å². The van der Waals surface area contributed by atoms with Crippen molar-refractivity contribution in [2.75, 3.05) is 5.32 Å². The zero-order chi connectivity index (χ0) is 14.1.